The third-order valence-electron chi connectivity index (χ3n) is 2.24. The van der Waals surface area contributed by atoms with Crippen molar-refractivity contribution in [2.24, 2.45) is 16.5 Å². The first-order valence-corrected chi connectivity index (χ1v) is 5.26. The number of carbonyl (C=O) groups is 1. The minimum atomic E-state index is -0.362. The molecule has 0 spiro atoms. The summed E-state index contributed by atoms with van der Waals surface area (Å²) in [6.45, 7) is 1.72. The van der Waals surface area contributed by atoms with E-state index in [0.29, 0.717) is 5.84 Å². The number of rotatable bonds is 4. The van der Waals surface area contributed by atoms with Crippen molar-refractivity contribution in [3.63, 3.8) is 0 Å². The molecule has 1 unspecified atom stereocenters. The van der Waals surface area contributed by atoms with Gasteiger partial charge in [0, 0.05) is 6.04 Å². The van der Waals surface area contributed by atoms with Gasteiger partial charge >= 0.3 is 5.97 Å². The van der Waals surface area contributed by atoms with Crippen LogP contribution in [0.3, 0.4) is 0 Å². The standard InChI is InChI=1S/C12H17N3O2/c1-8(13)15-10-5-3-9(4-6-10)11(14)7-12(16)17-2/h3-6,11H,7,14H2,1-2H3,(H2,13,15). The molecule has 0 aliphatic carbocycles. The van der Waals surface area contributed by atoms with E-state index < -0.39 is 0 Å². The van der Waals surface area contributed by atoms with E-state index in [0.717, 1.165) is 11.3 Å². The molecule has 0 heterocycles. The molecule has 5 nitrogen and oxygen atoms in total. The van der Waals surface area contributed by atoms with Gasteiger partial charge in [0.2, 0.25) is 0 Å². The fourth-order valence-corrected chi connectivity index (χ4v) is 1.38. The molecule has 0 aliphatic heterocycles. The number of hydrogen-bond donors (Lipinski definition) is 2. The lowest BCUT2D eigenvalue weighted by Crippen LogP contribution is -2.16. The van der Waals surface area contributed by atoms with Crippen LogP contribution in [0.25, 0.3) is 0 Å². The largest absolute Gasteiger partial charge is 0.469 e. The summed E-state index contributed by atoms with van der Waals surface area (Å²) in [5.41, 5.74) is 13.0. The highest BCUT2D eigenvalue weighted by atomic mass is 16.5. The van der Waals surface area contributed by atoms with Gasteiger partial charge in [-0.15, -0.1) is 0 Å². The third kappa shape index (κ3) is 4.24. The van der Waals surface area contributed by atoms with Crippen LogP contribution in [0.15, 0.2) is 29.3 Å². The van der Waals surface area contributed by atoms with E-state index in [-0.39, 0.29) is 18.4 Å². The molecule has 1 aromatic rings. The van der Waals surface area contributed by atoms with Crippen molar-refractivity contribution >= 4 is 17.5 Å². The van der Waals surface area contributed by atoms with Crippen molar-refractivity contribution in [2.75, 3.05) is 7.11 Å². The van der Waals surface area contributed by atoms with Gasteiger partial charge < -0.3 is 16.2 Å². The second-order valence-electron chi connectivity index (χ2n) is 3.73. The molecule has 5 heteroatoms. The Morgan fingerprint density at radius 2 is 2.00 bits per heavy atom. The van der Waals surface area contributed by atoms with Crippen molar-refractivity contribution < 1.29 is 9.53 Å². The number of nitrogens with two attached hydrogens (primary N) is 2. The van der Waals surface area contributed by atoms with Crippen LogP contribution in [0, 0.1) is 0 Å². The summed E-state index contributed by atoms with van der Waals surface area (Å²) in [4.78, 5) is 15.2. The first-order chi connectivity index (χ1) is 8.02. The highest BCUT2D eigenvalue weighted by Crippen LogP contribution is 2.19. The van der Waals surface area contributed by atoms with E-state index in [1.54, 1.807) is 6.92 Å². The molecule has 0 aromatic heterocycles. The number of hydrogen-bond acceptors (Lipinski definition) is 4. The van der Waals surface area contributed by atoms with Crippen molar-refractivity contribution in [1.29, 1.82) is 0 Å². The number of esters is 1. The Morgan fingerprint density at radius 1 is 1.41 bits per heavy atom. The molecule has 0 amide bonds. The van der Waals surface area contributed by atoms with Gasteiger partial charge in [-0.3, -0.25) is 4.79 Å². The lowest BCUT2D eigenvalue weighted by Gasteiger charge is -2.10. The zero-order valence-electron chi connectivity index (χ0n) is 10.0. The van der Waals surface area contributed by atoms with Gasteiger partial charge in [-0.05, 0) is 24.6 Å². The minimum Gasteiger partial charge on any atom is -0.469 e. The number of methoxy groups -OCH3 is 1. The molecule has 0 bridgehead atoms. The number of carbonyl (C=O) groups excluding carboxylic acids is 1. The summed E-state index contributed by atoms with van der Waals surface area (Å²) >= 11 is 0. The van der Waals surface area contributed by atoms with Gasteiger partial charge in [-0.1, -0.05) is 12.1 Å². The quantitative estimate of drug-likeness (QED) is 0.467. The molecular formula is C12H17N3O2. The third-order valence-corrected chi connectivity index (χ3v) is 2.24. The molecule has 0 saturated heterocycles. The smallest absolute Gasteiger partial charge is 0.307 e. The van der Waals surface area contributed by atoms with Gasteiger partial charge in [0.1, 0.15) is 0 Å². The Labute approximate surface area is 100 Å². The molecular weight excluding hydrogens is 218 g/mol. The average Bonchev–Trinajstić information content (AvgIpc) is 2.28. The predicted octanol–water partition coefficient (Wildman–Crippen LogP) is 1.26. The number of ether oxygens (including phenoxy) is 1. The van der Waals surface area contributed by atoms with Crippen molar-refractivity contribution in [3.05, 3.63) is 29.8 Å². The highest BCUT2D eigenvalue weighted by Gasteiger charge is 2.11. The van der Waals surface area contributed by atoms with Gasteiger partial charge in [0.05, 0.1) is 25.1 Å². The van der Waals surface area contributed by atoms with E-state index in [9.17, 15) is 4.79 Å². The fraction of sp³-hybridized carbons (Fsp3) is 0.333. The maximum absolute atomic E-state index is 11.1. The zero-order valence-corrected chi connectivity index (χ0v) is 10.0. The average molecular weight is 235 g/mol. The Morgan fingerprint density at radius 3 is 2.47 bits per heavy atom. The summed E-state index contributed by atoms with van der Waals surface area (Å²) in [6, 6.07) is 6.91. The Kier molecular flexibility index (Phi) is 4.66. The van der Waals surface area contributed by atoms with Crippen molar-refractivity contribution in [1.82, 2.24) is 0 Å². The summed E-state index contributed by atoms with van der Waals surface area (Å²) < 4.78 is 4.56. The van der Waals surface area contributed by atoms with Gasteiger partial charge in [-0.25, -0.2) is 4.99 Å². The fourth-order valence-electron chi connectivity index (χ4n) is 1.38. The zero-order chi connectivity index (χ0) is 12.8. The normalized spacial score (nSPS) is 13.2. The van der Waals surface area contributed by atoms with Crippen LogP contribution in [0.2, 0.25) is 0 Å². The Hall–Kier alpha value is -1.88. The summed E-state index contributed by atoms with van der Waals surface area (Å²) in [6.07, 6.45) is 0.162. The maximum atomic E-state index is 11.1. The molecule has 0 fully saturated rings. The monoisotopic (exact) mass is 235 g/mol. The van der Waals surface area contributed by atoms with E-state index in [1.165, 1.54) is 7.11 Å². The van der Waals surface area contributed by atoms with E-state index in [4.69, 9.17) is 11.5 Å². The molecule has 0 saturated carbocycles. The van der Waals surface area contributed by atoms with Gasteiger partial charge in [0.15, 0.2) is 0 Å². The molecule has 0 aliphatic rings. The molecule has 1 atom stereocenters. The second-order valence-corrected chi connectivity index (χ2v) is 3.73. The second kappa shape index (κ2) is 6.00. The predicted molar refractivity (Wildman–Crippen MR) is 67.0 cm³/mol. The number of aliphatic imine (C=N–C) groups is 1. The first-order valence-electron chi connectivity index (χ1n) is 5.26. The van der Waals surface area contributed by atoms with Crippen LogP contribution in [0.1, 0.15) is 24.9 Å². The summed E-state index contributed by atoms with van der Waals surface area (Å²) in [7, 11) is 1.34. The molecule has 0 radical (unpaired) electrons. The Balaban J connectivity index is 2.73. The number of amidine groups is 1. The summed E-state index contributed by atoms with van der Waals surface area (Å²) in [5.74, 6) is 0.175. The van der Waals surface area contributed by atoms with E-state index in [1.807, 2.05) is 24.3 Å². The van der Waals surface area contributed by atoms with Crippen molar-refractivity contribution in [3.8, 4) is 0 Å². The number of benzene rings is 1. The van der Waals surface area contributed by atoms with Crippen LogP contribution >= 0.6 is 0 Å². The molecule has 4 N–H and O–H groups in total. The molecule has 1 aromatic carbocycles. The summed E-state index contributed by atoms with van der Waals surface area (Å²) in [5, 5.41) is 0. The molecule has 92 valence electrons. The minimum absolute atomic E-state index is 0.162. The topological polar surface area (TPSA) is 90.7 Å². The molecule has 1 rings (SSSR count). The lowest BCUT2D eigenvalue weighted by molar-refractivity contribution is -0.141. The van der Waals surface area contributed by atoms with Crippen LogP contribution in [0.4, 0.5) is 5.69 Å². The first kappa shape index (κ1) is 13.2. The Bertz CT molecular complexity index is 408. The van der Waals surface area contributed by atoms with Crippen LogP contribution in [-0.2, 0) is 9.53 Å². The highest BCUT2D eigenvalue weighted by molar-refractivity contribution is 5.80. The van der Waals surface area contributed by atoms with Crippen LogP contribution in [0.5, 0.6) is 0 Å². The van der Waals surface area contributed by atoms with E-state index in [2.05, 4.69) is 9.73 Å². The van der Waals surface area contributed by atoms with E-state index >= 15 is 0 Å². The SMILES string of the molecule is COC(=O)CC(N)c1ccc(N=C(C)N)cc1. The number of nitrogens with zero attached hydrogens (tertiary/aromatic N) is 1. The van der Waals surface area contributed by atoms with Gasteiger partial charge in [0.25, 0.3) is 0 Å². The van der Waals surface area contributed by atoms with Crippen LogP contribution in [-0.4, -0.2) is 18.9 Å². The maximum Gasteiger partial charge on any atom is 0.307 e. The van der Waals surface area contributed by atoms with Crippen LogP contribution < -0.4 is 11.5 Å². The molecule has 17 heavy (non-hydrogen) atoms. The van der Waals surface area contributed by atoms with Crippen molar-refractivity contribution in [2.45, 2.75) is 19.4 Å². The van der Waals surface area contributed by atoms with Gasteiger partial charge in [-0.2, -0.15) is 0 Å². The lowest BCUT2D eigenvalue weighted by atomic mass is 10.0.